The van der Waals surface area contributed by atoms with Gasteiger partial charge < -0.3 is 5.32 Å². The molecule has 0 saturated heterocycles. The highest BCUT2D eigenvalue weighted by Gasteiger charge is 2.07. The number of halogens is 1. The molecule has 1 N–H and O–H groups in total. The summed E-state index contributed by atoms with van der Waals surface area (Å²) in [6, 6.07) is 16.4. The number of fused-ring (bicyclic) bond motifs is 1. The van der Waals surface area contributed by atoms with Crippen molar-refractivity contribution in [3.8, 4) is 0 Å². The van der Waals surface area contributed by atoms with Gasteiger partial charge in [0.15, 0.2) is 0 Å². The van der Waals surface area contributed by atoms with Gasteiger partial charge in [-0.2, -0.15) is 0 Å². The van der Waals surface area contributed by atoms with Crippen LogP contribution in [0, 0.1) is 12.7 Å². The largest absolute Gasteiger partial charge is 0.325 e. The number of nitrogens with one attached hydrogen (secondary N) is 1. The highest BCUT2D eigenvalue weighted by atomic mass is 32.2. The second kappa shape index (κ2) is 6.79. The molecule has 3 nitrogen and oxygen atoms in total. The van der Waals surface area contributed by atoms with Crippen molar-refractivity contribution >= 4 is 34.3 Å². The van der Waals surface area contributed by atoms with Gasteiger partial charge in [0.1, 0.15) is 5.82 Å². The molecule has 0 aliphatic rings. The molecule has 0 aliphatic heterocycles. The van der Waals surface area contributed by atoms with E-state index >= 15 is 0 Å². The Morgan fingerprint density at radius 2 is 2.00 bits per heavy atom. The van der Waals surface area contributed by atoms with Crippen molar-refractivity contribution in [1.29, 1.82) is 0 Å². The lowest BCUT2D eigenvalue weighted by molar-refractivity contribution is -0.113. The monoisotopic (exact) mass is 326 g/mol. The first-order chi connectivity index (χ1) is 11.1. The molecule has 0 spiro atoms. The highest BCUT2D eigenvalue weighted by molar-refractivity contribution is 7.99. The van der Waals surface area contributed by atoms with E-state index in [0.29, 0.717) is 11.3 Å². The molecule has 116 valence electrons. The Bertz CT molecular complexity index is 867. The molecular formula is C18H15FN2OS. The second-order valence-corrected chi connectivity index (χ2v) is 6.14. The predicted molar refractivity (Wildman–Crippen MR) is 92.2 cm³/mol. The smallest absolute Gasteiger partial charge is 0.234 e. The van der Waals surface area contributed by atoms with Crippen LogP contribution >= 0.6 is 11.8 Å². The summed E-state index contributed by atoms with van der Waals surface area (Å²) < 4.78 is 13.5. The van der Waals surface area contributed by atoms with E-state index in [0.717, 1.165) is 15.9 Å². The van der Waals surface area contributed by atoms with Crippen molar-refractivity contribution in [1.82, 2.24) is 4.98 Å². The predicted octanol–water partition coefficient (Wildman–Crippen LogP) is 4.41. The van der Waals surface area contributed by atoms with Crippen molar-refractivity contribution in [3.63, 3.8) is 0 Å². The number of rotatable bonds is 4. The zero-order chi connectivity index (χ0) is 16.2. The van der Waals surface area contributed by atoms with E-state index in [-0.39, 0.29) is 17.5 Å². The Morgan fingerprint density at radius 3 is 2.83 bits per heavy atom. The van der Waals surface area contributed by atoms with E-state index in [9.17, 15) is 9.18 Å². The number of benzene rings is 2. The number of nitrogens with zero attached hydrogens (tertiary/aromatic N) is 1. The molecule has 0 aliphatic carbocycles. The molecule has 1 heterocycles. The van der Waals surface area contributed by atoms with Crippen LogP contribution in [-0.2, 0) is 4.79 Å². The Labute approximate surface area is 137 Å². The number of thioether (sulfide) groups is 1. The molecule has 1 amide bonds. The van der Waals surface area contributed by atoms with Gasteiger partial charge in [-0.3, -0.25) is 4.79 Å². The maximum Gasteiger partial charge on any atom is 0.234 e. The lowest BCUT2D eigenvalue weighted by Crippen LogP contribution is -2.14. The van der Waals surface area contributed by atoms with Gasteiger partial charge in [0.25, 0.3) is 0 Å². The topological polar surface area (TPSA) is 42.0 Å². The van der Waals surface area contributed by atoms with Crippen LogP contribution in [0.5, 0.6) is 0 Å². The number of amides is 1. The van der Waals surface area contributed by atoms with Crippen molar-refractivity contribution < 1.29 is 9.18 Å². The van der Waals surface area contributed by atoms with Crippen LogP contribution in [0.15, 0.2) is 59.6 Å². The molecule has 3 rings (SSSR count). The van der Waals surface area contributed by atoms with Gasteiger partial charge in [-0.15, -0.1) is 0 Å². The number of anilines is 1. The minimum atomic E-state index is -0.327. The van der Waals surface area contributed by atoms with E-state index in [1.165, 1.54) is 17.8 Å². The van der Waals surface area contributed by atoms with Crippen LogP contribution in [-0.4, -0.2) is 16.6 Å². The van der Waals surface area contributed by atoms with Crippen molar-refractivity contribution in [2.24, 2.45) is 0 Å². The van der Waals surface area contributed by atoms with Gasteiger partial charge in [-0.25, -0.2) is 9.37 Å². The SMILES string of the molecule is Cc1ccc(NC(=O)CSc2ccc3ccccc3n2)cc1F. The lowest BCUT2D eigenvalue weighted by Gasteiger charge is -2.06. The molecular weight excluding hydrogens is 311 g/mol. The zero-order valence-electron chi connectivity index (χ0n) is 12.5. The number of hydrogen-bond donors (Lipinski definition) is 1. The average molecular weight is 326 g/mol. The van der Waals surface area contributed by atoms with Crippen LogP contribution in [0.4, 0.5) is 10.1 Å². The van der Waals surface area contributed by atoms with Gasteiger partial charge in [0.05, 0.1) is 16.3 Å². The number of aryl methyl sites for hydroxylation is 1. The summed E-state index contributed by atoms with van der Waals surface area (Å²) in [4.78, 5) is 16.5. The van der Waals surface area contributed by atoms with Crippen molar-refractivity contribution in [2.75, 3.05) is 11.1 Å². The summed E-state index contributed by atoms with van der Waals surface area (Å²) in [6.45, 7) is 1.68. The lowest BCUT2D eigenvalue weighted by atomic mass is 10.2. The number of carbonyl (C=O) groups is 1. The van der Waals surface area contributed by atoms with Gasteiger partial charge in [0.2, 0.25) is 5.91 Å². The van der Waals surface area contributed by atoms with Gasteiger partial charge in [-0.1, -0.05) is 42.1 Å². The summed E-state index contributed by atoms with van der Waals surface area (Å²) in [7, 11) is 0. The van der Waals surface area contributed by atoms with Gasteiger partial charge in [0, 0.05) is 11.1 Å². The Morgan fingerprint density at radius 1 is 1.17 bits per heavy atom. The Hall–Kier alpha value is -2.40. The second-order valence-electron chi connectivity index (χ2n) is 5.14. The zero-order valence-corrected chi connectivity index (χ0v) is 13.4. The summed E-state index contributed by atoms with van der Waals surface area (Å²) in [6.07, 6.45) is 0. The molecule has 5 heteroatoms. The first kappa shape index (κ1) is 15.5. The number of para-hydroxylation sites is 1. The van der Waals surface area contributed by atoms with E-state index in [4.69, 9.17) is 0 Å². The number of hydrogen-bond acceptors (Lipinski definition) is 3. The Kier molecular flexibility index (Phi) is 4.57. The number of carbonyl (C=O) groups excluding carboxylic acids is 1. The maximum absolute atomic E-state index is 13.5. The number of aromatic nitrogens is 1. The standard InChI is InChI=1S/C18H15FN2OS/c1-12-6-8-14(10-15(12)19)20-17(22)11-23-18-9-7-13-4-2-3-5-16(13)21-18/h2-10H,11H2,1H3,(H,20,22). The van der Waals surface area contributed by atoms with Crippen LogP contribution in [0.3, 0.4) is 0 Å². The first-order valence-electron chi connectivity index (χ1n) is 7.16. The molecule has 0 bridgehead atoms. The van der Waals surface area contributed by atoms with E-state index in [1.54, 1.807) is 19.1 Å². The minimum absolute atomic E-state index is 0.187. The molecule has 23 heavy (non-hydrogen) atoms. The number of pyridine rings is 1. The minimum Gasteiger partial charge on any atom is -0.325 e. The fourth-order valence-electron chi connectivity index (χ4n) is 2.13. The third-order valence-electron chi connectivity index (χ3n) is 3.38. The van der Waals surface area contributed by atoms with Crippen LogP contribution in [0.2, 0.25) is 0 Å². The highest BCUT2D eigenvalue weighted by Crippen LogP contribution is 2.20. The van der Waals surface area contributed by atoms with Crippen LogP contribution < -0.4 is 5.32 Å². The Balaban J connectivity index is 1.62. The fourth-order valence-corrected chi connectivity index (χ4v) is 2.81. The summed E-state index contributed by atoms with van der Waals surface area (Å²) in [5.74, 6) is -0.291. The molecule has 3 aromatic rings. The molecule has 0 fully saturated rings. The van der Waals surface area contributed by atoms with E-state index in [1.807, 2.05) is 36.4 Å². The van der Waals surface area contributed by atoms with Crippen molar-refractivity contribution in [3.05, 3.63) is 66.0 Å². The molecule has 0 unspecified atom stereocenters. The van der Waals surface area contributed by atoms with Gasteiger partial charge in [-0.05, 0) is 36.8 Å². The van der Waals surface area contributed by atoms with E-state index < -0.39 is 0 Å². The van der Waals surface area contributed by atoms with Gasteiger partial charge >= 0.3 is 0 Å². The van der Waals surface area contributed by atoms with Crippen molar-refractivity contribution in [2.45, 2.75) is 11.9 Å². The first-order valence-corrected chi connectivity index (χ1v) is 8.15. The third kappa shape index (κ3) is 3.87. The van der Waals surface area contributed by atoms with Crippen LogP contribution in [0.1, 0.15) is 5.56 Å². The third-order valence-corrected chi connectivity index (χ3v) is 4.31. The quantitative estimate of drug-likeness (QED) is 0.722. The molecule has 0 atom stereocenters. The van der Waals surface area contributed by atoms with Crippen LogP contribution in [0.25, 0.3) is 10.9 Å². The average Bonchev–Trinajstić information content (AvgIpc) is 2.56. The molecule has 0 saturated carbocycles. The molecule has 1 aromatic heterocycles. The summed E-state index contributed by atoms with van der Waals surface area (Å²) in [5, 5.41) is 4.54. The molecule has 0 radical (unpaired) electrons. The fraction of sp³-hybridized carbons (Fsp3) is 0.111. The summed E-state index contributed by atoms with van der Waals surface area (Å²) in [5.41, 5.74) is 1.92. The maximum atomic E-state index is 13.5. The normalized spacial score (nSPS) is 10.7. The van der Waals surface area contributed by atoms with E-state index in [2.05, 4.69) is 10.3 Å². The molecule has 2 aromatic carbocycles. The summed E-state index contributed by atoms with van der Waals surface area (Å²) >= 11 is 1.35.